The Morgan fingerprint density at radius 2 is 1.51 bits per heavy atom. The molecule has 3 aromatic carbocycles. The Morgan fingerprint density at radius 1 is 0.829 bits per heavy atom. The van der Waals surface area contributed by atoms with Crippen molar-refractivity contribution >= 4 is 11.7 Å². The van der Waals surface area contributed by atoms with Crippen LogP contribution in [-0.4, -0.2) is 36.8 Å². The second kappa shape index (κ2) is 9.46. The molecule has 1 N–H and O–H groups in total. The SMILES string of the molecule is COc1ccc([C@H]2c3cccn3-c3ccccc3CN2C(=O)Nc2cc(OC)cc(OC)c2)cc1. The van der Waals surface area contributed by atoms with E-state index in [2.05, 4.69) is 28.1 Å². The summed E-state index contributed by atoms with van der Waals surface area (Å²) >= 11 is 0. The van der Waals surface area contributed by atoms with Gasteiger partial charge in [0.2, 0.25) is 0 Å². The zero-order chi connectivity index (χ0) is 24.4. The number of urea groups is 1. The van der Waals surface area contributed by atoms with Crippen LogP contribution in [0, 0.1) is 0 Å². The average Bonchev–Trinajstić information content (AvgIpc) is 3.32. The van der Waals surface area contributed by atoms with Gasteiger partial charge in [0.05, 0.1) is 39.6 Å². The zero-order valence-electron chi connectivity index (χ0n) is 19.9. The predicted molar refractivity (Wildman–Crippen MR) is 135 cm³/mol. The molecule has 1 atom stereocenters. The number of carbonyl (C=O) groups excluding carboxylic acids is 1. The number of nitrogens with one attached hydrogen (secondary N) is 1. The van der Waals surface area contributed by atoms with Crippen LogP contribution in [0.2, 0.25) is 0 Å². The Balaban J connectivity index is 1.60. The summed E-state index contributed by atoms with van der Waals surface area (Å²) in [6, 6.07) is 24.8. The molecule has 7 nitrogen and oxygen atoms in total. The van der Waals surface area contributed by atoms with Gasteiger partial charge in [0.15, 0.2) is 0 Å². The quantitative estimate of drug-likeness (QED) is 0.411. The third-order valence-electron chi connectivity index (χ3n) is 6.26. The number of methoxy groups -OCH3 is 3. The summed E-state index contributed by atoms with van der Waals surface area (Å²) in [4.78, 5) is 15.7. The first-order chi connectivity index (χ1) is 17.1. The van der Waals surface area contributed by atoms with E-state index in [0.29, 0.717) is 23.7 Å². The molecule has 4 aromatic rings. The van der Waals surface area contributed by atoms with Crippen LogP contribution in [0.1, 0.15) is 22.9 Å². The van der Waals surface area contributed by atoms with Crippen molar-refractivity contribution in [3.8, 4) is 22.9 Å². The van der Waals surface area contributed by atoms with Gasteiger partial charge in [0, 0.05) is 35.8 Å². The number of fused-ring (bicyclic) bond motifs is 3. The van der Waals surface area contributed by atoms with Crippen LogP contribution in [0.5, 0.6) is 17.2 Å². The molecule has 2 amide bonds. The second-order valence-electron chi connectivity index (χ2n) is 8.27. The van der Waals surface area contributed by atoms with Crippen molar-refractivity contribution in [2.24, 2.45) is 0 Å². The Bertz CT molecular complexity index is 1320. The molecule has 0 saturated carbocycles. The minimum atomic E-state index is -0.323. The van der Waals surface area contributed by atoms with Gasteiger partial charge < -0.3 is 29.0 Å². The number of aromatic nitrogens is 1. The minimum Gasteiger partial charge on any atom is -0.497 e. The predicted octanol–water partition coefficient (Wildman–Crippen LogP) is 5.64. The molecule has 35 heavy (non-hydrogen) atoms. The van der Waals surface area contributed by atoms with Crippen molar-refractivity contribution in [2.75, 3.05) is 26.6 Å². The fourth-order valence-electron chi connectivity index (χ4n) is 4.55. The number of hydrogen-bond acceptors (Lipinski definition) is 4. The van der Waals surface area contributed by atoms with E-state index in [0.717, 1.165) is 28.3 Å². The number of para-hydroxylation sites is 1. The molecule has 0 spiro atoms. The first-order valence-corrected chi connectivity index (χ1v) is 11.3. The van der Waals surface area contributed by atoms with E-state index in [1.54, 1.807) is 39.5 Å². The summed E-state index contributed by atoms with van der Waals surface area (Å²) in [6.07, 6.45) is 2.04. The van der Waals surface area contributed by atoms with Gasteiger partial charge in [-0.1, -0.05) is 30.3 Å². The van der Waals surface area contributed by atoms with Gasteiger partial charge in [-0.25, -0.2) is 4.79 Å². The molecule has 0 bridgehead atoms. The van der Waals surface area contributed by atoms with E-state index < -0.39 is 0 Å². The number of hydrogen-bond donors (Lipinski definition) is 1. The number of amides is 2. The van der Waals surface area contributed by atoms with Crippen LogP contribution in [0.15, 0.2) is 85.1 Å². The molecule has 1 aromatic heterocycles. The van der Waals surface area contributed by atoms with Gasteiger partial charge in [-0.15, -0.1) is 0 Å². The molecule has 1 aliphatic heterocycles. The summed E-state index contributed by atoms with van der Waals surface area (Å²) in [5.74, 6) is 1.96. The number of rotatable bonds is 5. The maximum atomic E-state index is 13.9. The summed E-state index contributed by atoms with van der Waals surface area (Å²) in [6.45, 7) is 0.432. The maximum Gasteiger partial charge on any atom is 0.322 e. The summed E-state index contributed by atoms with van der Waals surface area (Å²) in [7, 11) is 4.81. The Morgan fingerprint density at radius 3 is 2.20 bits per heavy atom. The van der Waals surface area contributed by atoms with Gasteiger partial charge >= 0.3 is 6.03 Å². The van der Waals surface area contributed by atoms with Crippen molar-refractivity contribution in [1.29, 1.82) is 0 Å². The zero-order valence-corrected chi connectivity index (χ0v) is 19.9. The Labute approximate surface area is 204 Å². The number of ether oxygens (including phenoxy) is 3. The van der Waals surface area contributed by atoms with E-state index in [4.69, 9.17) is 14.2 Å². The minimum absolute atomic E-state index is 0.231. The lowest BCUT2D eigenvalue weighted by Gasteiger charge is -2.31. The van der Waals surface area contributed by atoms with Crippen LogP contribution < -0.4 is 19.5 Å². The van der Waals surface area contributed by atoms with Crippen LogP contribution in [0.4, 0.5) is 10.5 Å². The summed E-state index contributed by atoms with van der Waals surface area (Å²) in [5, 5.41) is 3.06. The van der Waals surface area contributed by atoms with Crippen molar-refractivity contribution in [1.82, 2.24) is 9.47 Å². The maximum absolute atomic E-state index is 13.9. The van der Waals surface area contributed by atoms with E-state index in [1.165, 1.54) is 0 Å². The first-order valence-electron chi connectivity index (χ1n) is 11.3. The molecule has 0 aliphatic carbocycles. The number of benzene rings is 3. The van der Waals surface area contributed by atoms with Crippen molar-refractivity contribution in [3.05, 3.63) is 102 Å². The highest BCUT2D eigenvalue weighted by atomic mass is 16.5. The van der Waals surface area contributed by atoms with Gasteiger partial charge in [-0.2, -0.15) is 0 Å². The highest BCUT2D eigenvalue weighted by Gasteiger charge is 2.33. The van der Waals surface area contributed by atoms with E-state index in [-0.39, 0.29) is 12.1 Å². The molecule has 5 rings (SSSR count). The van der Waals surface area contributed by atoms with Crippen LogP contribution >= 0.6 is 0 Å². The molecule has 1 aliphatic rings. The van der Waals surface area contributed by atoms with Crippen LogP contribution in [0.3, 0.4) is 0 Å². The molecule has 2 heterocycles. The molecular weight excluding hydrogens is 442 g/mol. The lowest BCUT2D eigenvalue weighted by Crippen LogP contribution is -2.37. The monoisotopic (exact) mass is 469 g/mol. The Kier molecular flexibility index (Phi) is 6.06. The number of nitrogens with zero attached hydrogens (tertiary/aromatic N) is 2. The second-order valence-corrected chi connectivity index (χ2v) is 8.27. The molecule has 0 radical (unpaired) electrons. The van der Waals surface area contributed by atoms with Crippen molar-refractivity contribution in [3.63, 3.8) is 0 Å². The summed E-state index contributed by atoms with van der Waals surface area (Å²) in [5.41, 5.74) is 4.69. The standard InChI is InChI=1S/C28H27N3O4/c1-33-22-12-10-19(11-13-22)27-26-9-6-14-30(26)25-8-5-4-7-20(25)18-31(27)28(32)29-21-15-23(34-2)17-24(16-21)35-3/h4-17,27H,18H2,1-3H3,(H,29,32)/t27-/m0/s1. The molecule has 178 valence electrons. The van der Waals surface area contributed by atoms with Crippen LogP contribution in [0.25, 0.3) is 5.69 Å². The van der Waals surface area contributed by atoms with Crippen LogP contribution in [-0.2, 0) is 6.54 Å². The molecule has 0 unspecified atom stereocenters. The van der Waals surface area contributed by atoms with Gasteiger partial charge in [0.25, 0.3) is 0 Å². The first kappa shape index (κ1) is 22.4. The fourth-order valence-corrected chi connectivity index (χ4v) is 4.55. The normalized spacial score (nSPS) is 14.4. The van der Waals surface area contributed by atoms with E-state index >= 15 is 0 Å². The topological polar surface area (TPSA) is 65.0 Å². The third kappa shape index (κ3) is 4.28. The summed E-state index contributed by atoms with van der Waals surface area (Å²) < 4.78 is 18.3. The van der Waals surface area contributed by atoms with E-state index in [1.807, 2.05) is 53.6 Å². The highest BCUT2D eigenvalue weighted by molar-refractivity contribution is 5.90. The van der Waals surface area contributed by atoms with Gasteiger partial charge in [-0.05, 0) is 41.5 Å². The lowest BCUT2D eigenvalue weighted by atomic mass is 10.0. The van der Waals surface area contributed by atoms with Gasteiger partial charge in [0.1, 0.15) is 17.2 Å². The fraction of sp³-hybridized carbons (Fsp3) is 0.179. The average molecular weight is 470 g/mol. The van der Waals surface area contributed by atoms with Crippen molar-refractivity contribution in [2.45, 2.75) is 12.6 Å². The number of carbonyl (C=O) groups is 1. The third-order valence-corrected chi connectivity index (χ3v) is 6.26. The molecule has 0 fully saturated rings. The largest absolute Gasteiger partial charge is 0.497 e. The van der Waals surface area contributed by atoms with Gasteiger partial charge in [-0.3, -0.25) is 0 Å². The van der Waals surface area contributed by atoms with E-state index in [9.17, 15) is 4.79 Å². The molecular formula is C28H27N3O4. The van der Waals surface area contributed by atoms with Crippen molar-refractivity contribution < 1.29 is 19.0 Å². The molecule has 0 saturated heterocycles. The lowest BCUT2D eigenvalue weighted by molar-refractivity contribution is 0.194. The smallest absolute Gasteiger partial charge is 0.322 e. The highest BCUT2D eigenvalue weighted by Crippen LogP contribution is 2.37. The Hall–Kier alpha value is -4.39. The molecule has 7 heteroatoms. The number of anilines is 1.